The highest BCUT2D eigenvalue weighted by Crippen LogP contribution is 2.38. The molecule has 1 saturated heterocycles. The standard InChI is InChI=1S/C19H21N7O3/c1-10-3-4-12(15(20)22-10)16(21)24-19(28)26-11-7-8-25(9-11)14-6-5-13(18(27)29-2)23-17(14)26/h3-6,11H,7-9H2,1-2H3,(H2,20,22)(H2,21,24,28). The van der Waals surface area contributed by atoms with E-state index in [2.05, 4.69) is 20.2 Å². The molecule has 2 aromatic rings. The summed E-state index contributed by atoms with van der Waals surface area (Å²) in [5, 5.41) is 10.9. The lowest BCUT2D eigenvalue weighted by Gasteiger charge is -2.35. The third-order valence-electron chi connectivity index (χ3n) is 5.13. The fourth-order valence-corrected chi connectivity index (χ4v) is 3.71. The number of aromatic nitrogens is 2. The SMILES string of the molecule is COC(=O)c1ccc2c(n1)N(C(=O)NC(=N)c1ccc(C)nc1N)C1CCN2C1. The second kappa shape index (κ2) is 7.04. The number of esters is 1. The minimum absolute atomic E-state index is 0.107. The minimum atomic E-state index is -0.577. The number of amidine groups is 1. The predicted molar refractivity (Wildman–Crippen MR) is 107 cm³/mol. The molecule has 4 N–H and O–H groups in total. The van der Waals surface area contributed by atoms with E-state index in [1.165, 1.54) is 12.0 Å². The van der Waals surface area contributed by atoms with E-state index in [4.69, 9.17) is 15.9 Å². The van der Waals surface area contributed by atoms with Crippen LogP contribution in [0.2, 0.25) is 0 Å². The van der Waals surface area contributed by atoms with Gasteiger partial charge in [-0.15, -0.1) is 0 Å². The van der Waals surface area contributed by atoms with Crippen LogP contribution >= 0.6 is 0 Å². The first-order chi connectivity index (χ1) is 13.9. The van der Waals surface area contributed by atoms with Crippen molar-refractivity contribution in [1.82, 2.24) is 15.3 Å². The molecule has 1 fully saturated rings. The molecule has 10 nitrogen and oxygen atoms in total. The van der Waals surface area contributed by atoms with E-state index < -0.39 is 12.0 Å². The fraction of sp³-hybridized carbons (Fsp3) is 0.316. The van der Waals surface area contributed by atoms with Gasteiger partial charge >= 0.3 is 12.0 Å². The number of fused-ring (bicyclic) bond motifs is 4. The van der Waals surface area contributed by atoms with Crippen molar-refractivity contribution >= 4 is 35.2 Å². The molecule has 2 aromatic heterocycles. The molecular weight excluding hydrogens is 374 g/mol. The lowest BCUT2D eigenvalue weighted by Crippen LogP contribution is -2.52. The predicted octanol–water partition coefficient (Wildman–Crippen LogP) is 1.29. The van der Waals surface area contributed by atoms with Crippen LogP contribution in [0.5, 0.6) is 0 Å². The number of amides is 2. The second-order valence-corrected chi connectivity index (χ2v) is 6.98. The van der Waals surface area contributed by atoms with Crippen LogP contribution in [0.15, 0.2) is 24.3 Å². The van der Waals surface area contributed by atoms with Crippen LogP contribution in [0, 0.1) is 12.3 Å². The average molecular weight is 395 g/mol. The highest BCUT2D eigenvalue weighted by atomic mass is 16.5. The number of nitrogens with two attached hydrogens (primary N) is 1. The van der Waals surface area contributed by atoms with E-state index in [9.17, 15) is 9.59 Å². The van der Waals surface area contributed by atoms with Crippen LogP contribution in [-0.2, 0) is 4.74 Å². The van der Waals surface area contributed by atoms with E-state index in [0.717, 1.165) is 24.3 Å². The molecule has 2 aliphatic heterocycles. The molecule has 29 heavy (non-hydrogen) atoms. The summed E-state index contributed by atoms with van der Waals surface area (Å²) in [6.07, 6.45) is 0.763. The summed E-state index contributed by atoms with van der Waals surface area (Å²) in [5.41, 5.74) is 7.84. The van der Waals surface area contributed by atoms with Gasteiger partial charge in [-0.1, -0.05) is 0 Å². The van der Waals surface area contributed by atoms with Crippen LogP contribution in [-0.4, -0.2) is 54.0 Å². The topological polar surface area (TPSA) is 138 Å². The molecule has 0 spiro atoms. The average Bonchev–Trinajstić information content (AvgIpc) is 3.11. The number of nitrogen functional groups attached to an aromatic ring is 1. The second-order valence-electron chi connectivity index (χ2n) is 6.98. The summed E-state index contributed by atoms with van der Waals surface area (Å²) >= 11 is 0. The Morgan fingerprint density at radius 2 is 2.07 bits per heavy atom. The number of nitrogens with one attached hydrogen (secondary N) is 2. The van der Waals surface area contributed by atoms with Crippen LogP contribution < -0.4 is 20.9 Å². The zero-order chi connectivity index (χ0) is 20.7. The van der Waals surface area contributed by atoms with Gasteiger partial charge in [0.05, 0.1) is 24.4 Å². The monoisotopic (exact) mass is 395 g/mol. The van der Waals surface area contributed by atoms with Gasteiger partial charge in [0.25, 0.3) is 0 Å². The Morgan fingerprint density at radius 1 is 1.28 bits per heavy atom. The Morgan fingerprint density at radius 3 is 2.79 bits per heavy atom. The fourth-order valence-electron chi connectivity index (χ4n) is 3.71. The Hall–Kier alpha value is -3.69. The Kier molecular flexibility index (Phi) is 4.53. The van der Waals surface area contributed by atoms with Gasteiger partial charge in [-0.05, 0) is 37.6 Å². The van der Waals surface area contributed by atoms with Crippen molar-refractivity contribution in [2.24, 2.45) is 0 Å². The summed E-state index contributed by atoms with van der Waals surface area (Å²) in [5.74, 6) is -0.173. The quantitative estimate of drug-likeness (QED) is 0.396. The Bertz CT molecular complexity index is 1020. The van der Waals surface area contributed by atoms with Gasteiger partial charge in [-0.3, -0.25) is 15.6 Å². The van der Waals surface area contributed by atoms with Crippen molar-refractivity contribution in [3.63, 3.8) is 0 Å². The van der Waals surface area contributed by atoms with Crippen LogP contribution in [0.25, 0.3) is 0 Å². The number of nitrogens with zero attached hydrogens (tertiary/aromatic N) is 4. The van der Waals surface area contributed by atoms with Crippen molar-refractivity contribution in [2.45, 2.75) is 19.4 Å². The van der Waals surface area contributed by atoms with Crippen LogP contribution in [0.3, 0.4) is 0 Å². The molecule has 0 aromatic carbocycles. The number of rotatable bonds is 2. The van der Waals surface area contributed by atoms with Crippen molar-refractivity contribution in [3.05, 3.63) is 41.2 Å². The van der Waals surface area contributed by atoms with E-state index >= 15 is 0 Å². The molecule has 0 aliphatic carbocycles. The number of aryl methyl sites for hydroxylation is 1. The number of hydrogen-bond donors (Lipinski definition) is 3. The zero-order valence-corrected chi connectivity index (χ0v) is 16.1. The lowest BCUT2D eigenvalue weighted by atomic mass is 10.1. The molecule has 4 heterocycles. The molecule has 1 unspecified atom stereocenters. The van der Waals surface area contributed by atoms with Crippen molar-refractivity contribution in [1.29, 1.82) is 5.41 Å². The van der Waals surface area contributed by atoms with Crippen molar-refractivity contribution in [3.8, 4) is 0 Å². The molecule has 0 saturated carbocycles. The summed E-state index contributed by atoms with van der Waals surface area (Å²) in [4.78, 5) is 37.2. The molecule has 2 bridgehead atoms. The highest BCUT2D eigenvalue weighted by Gasteiger charge is 2.40. The zero-order valence-electron chi connectivity index (χ0n) is 16.1. The summed E-state index contributed by atoms with van der Waals surface area (Å²) < 4.78 is 4.75. The van der Waals surface area contributed by atoms with Gasteiger partial charge in [-0.2, -0.15) is 0 Å². The summed E-state index contributed by atoms with van der Waals surface area (Å²) in [6, 6.07) is 6.11. The molecule has 2 amide bonds. The maximum Gasteiger partial charge on any atom is 0.356 e. The molecular formula is C19H21N7O3. The number of carbonyl (C=O) groups excluding carboxylic acids is 2. The van der Waals surface area contributed by atoms with Crippen LogP contribution in [0.4, 0.5) is 22.1 Å². The number of methoxy groups -OCH3 is 1. The number of pyridine rings is 2. The highest BCUT2D eigenvalue weighted by molar-refractivity contribution is 6.12. The molecule has 150 valence electrons. The molecule has 2 aliphatic rings. The van der Waals surface area contributed by atoms with Gasteiger partial charge in [-0.25, -0.2) is 19.6 Å². The van der Waals surface area contributed by atoms with E-state index in [-0.39, 0.29) is 23.4 Å². The van der Waals surface area contributed by atoms with Gasteiger partial charge in [0, 0.05) is 18.8 Å². The van der Waals surface area contributed by atoms with Gasteiger partial charge in [0.15, 0.2) is 11.5 Å². The number of carbonyl (C=O) groups is 2. The first kappa shape index (κ1) is 18.7. The largest absolute Gasteiger partial charge is 0.464 e. The van der Waals surface area contributed by atoms with E-state index in [0.29, 0.717) is 17.9 Å². The minimum Gasteiger partial charge on any atom is -0.464 e. The normalized spacial score (nSPS) is 17.0. The van der Waals surface area contributed by atoms with Crippen molar-refractivity contribution in [2.75, 3.05) is 35.7 Å². The molecule has 1 atom stereocenters. The maximum atomic E-state index is 13.1. The number of hydrogen-bond acceptors (Lipinski definition) is 8. The van der Waals surface area contributed by atoms with Gasteiger partial charge < -0.3 is 15.4 Å². The summed E-state index contributed by atoms with van der Waals surface area (Å²) in [6.45, 7) is 3.25. The molecule has 4 rings (SSSR count). The smallest absolute Gasteiger partial charge is 0.356 e. The third-order valence-corrected chi connectivity index (χ3v) is 5.13. The Labute approximate surface area is 167 Å². The molecule has 10 heteroatoms. The summed E-state index contributed by atoms with van der Waals surface area (Å²) in [7, 11) is 1.28. The number of ether oxygens (including phenoxy) is 1. The van der Waals surface area contributed by atoms with Crippen LogP contribution in [0.1, 0.15) is 28.2 Å². The first-order valence-electron chi connectivity index (χ1n) is 9.15. The lowest BCUT2D eigenvalue weighted by molar-refractivity contribution is 0.0594. The van der Waals surface area contributed by atoms with Gasteiger partial charge in [0.2, 0.25) is 0 Å². The first-order valence-corrected chi connectivity index (χ1v) is 9.15. The van der Waals surface area contributed by atoms with Gasteiger partial charge in [0.1, 0.15) is 11.7 Å². The Balaban J connectivity index is 1.65. The number of urea groups is 1. The molecule has 0 radical (unpaired) electrons. The number of anilines is 3. The van der Waals surface area contributed by atoms with E-state index in [1.807, 2.05) is 0 Å². The van der Waals surface area contributed by atoms with Crippen molar-refractivity contribution < 1.29 is 14.3 Å². The van der Waals surface area contributed by atoms with E-state index in [1.54, 1.807) is 31.2 Å². The third kappa shape index (κ3) is 3.22. The maximum absolute atomic E-state index is 13.1.